The molecule has 0 spiro atoms. The lowest BCUT2D eigenvalue weighted by atomic mass is 9.83. The standard InChI is InChI=1S/C21H22N4/c1-12-3-6-16(13(2)9-12)17-11-23-21-18-15(10-22-20(17)18)5-4-14-7-8-24-25-19(14)21/h3,6-10,17,21-23H,4-5,11H2,1-2H3. The molecule has 2 aromatic heterocycles. The van der Waals surface area contributed by atoms with Crippen molar-refractivity contribution in [2.45, 2.75) is 38.6 Å². The summed E-state index contributed by atoms with van der Waals surface area (Å²) in [5, 5.41) is 12.4. The minimum atomic E-state index is 0.157. The minimum Gasteiger partial charge on any atom is -0.364 e. The normalized spacial score (nSPS) is 21.4. The molecular weight excluding hydrogens is 308 g/mol. The van der Waals surface area contributed by atoms with E-state index < -0.39 is 0 Å². The number of hydrogen-bond acceptors (Lipinski definition) is 3. The number of benzene rings is 1. The lowest BCUT2D eigenvalue weighted by Gasteiger charge is -2.31. The molecule has 3 heterocycles. The Hall–Kier alpha value is -2.46. The highest BCUT2D eigenvalue weighted by atomic mass is 15.1. The van der Waals surface area contributed by atoms with Crippen molar-refractivity contribution in [2.75, 3.05) is 6.54 Å². The summed E-state index contributed by atoms with van der Waals surface area (Å²) in [6.07, 6.45) is 6.10. The van der Waals surface area contributed by atoms with Gasteiger partial charge in [-0.1, -0.05) is 23.8 Å². The van der Waals surface area contributed by atoms with E-state index in [-0.39, 0.29) is 6.04 Å². The van der Waals surface area contributed by atoms with Crippen LogP contribution in [0, 0.1) is 13.8 Å². The van der Waals surface area contributed by atoms with E-state index in [1.165, 1.54) is 39.1 Å². The van der Waals surface area contributed by atoms with Crippen LogP contribution < -0.4 is 5.32 Å². The van der Waals surface area contributed by atoms with Crippen molar-refractivity contribution >= 4 is 0 Å². The molecule has 5 rings (SSSR count). The van der Waals surface area contributed by atoms with E-state index in [2.05, 4.69) is 64.8 Å². The largest absolute Gasteiger partial charge is 0.364 e. The third-order valence-electron chi connectivity index (χ3n) is 5.78. The first-order chi connectivity index (χ1) is 12.2. The van der Waals surface area contributed by atoms with Gasteiger partial charge < -0.3 is 10.3 Å². The Morgan fingerprint density at radius 1 is 1.08 bits per heavy atom. The first-order valence-corrected chi connectivity index (χ1v) is 9.03. The zero-order valence-electron chi connectivity index (χ0n) is 14.6. The third-order valence-corrected chi connectivity index (χ3v) is 5.78. The van der Waals surface area contributed by atoms with Crippen molar-refractivity contribution in [3.05, 3.63) is 81.4 Å². The molecule has 1 aromatic carbocycles. The van der Waals surface area contributed by atoms with Crippen LogP contribution in [0.15, 0.2) is 36.7 Å². The van der Waals surface area contributed by atoms with Gasteiger partial charge in [0.25, 0.3) is 0 Å². The van der Waals surface area contributed by atoms with Gasteiger partial charge in [0, 0.05) is 30.6 Å². The van der Waals surface area contributed by atoms with Crippen molar-refractivity contribution in [2.24, 2.45) is 0 Å². The number of hydrogen-bond donors (Lipinski definition) is 2. The average molecular weight is 330 g/mol. The molecule has 4 nitrogen and oxygen atoms in total. The van der Waals surface area contributed by atoms with Gasteiger partial charge in [0.15, 0.2) is 0 Å². The van der Waals surface area contributed by atoms with Crippen LogP contribution in [0.5, 0.6) is 0 Å². The van der Waals surface area contributed by atoms with Gasteiger partial charge in [-0.05, 0) is 60.6 Å². The van der Waals surface area contributed by atoms with E-state index >= 15 is 0 Å². The second kappa shape index (κ2) is 5.53. The molecular formula is C21H22N4. The predicted molar refractivity (Wildman–Crippen MR) is 97.8 cm³/mol. The van der Waals surface area contributed by atoms with E-state index in [1.807, 2.05) is 6.20 Å². The monoisotopic (exact) mass is 330 g/mol. The lowest BCUT2D eigenvalue weighted by molar-refractivity contribution is 0.511. The number of nitrogens with one attached hydrogen (secondary N) is 2. The van der Waals surface area contributed by atoms with Crippen molar-refractivity contribution < 1.29 is 0 Å². The van der Waals surface area contributed by atoms with Gasteiger partial charge in [0.05, 0.1) is 11.7 Å². The Labute approximate surface area is 147 Å². The number of aromatic amines is 1. The fraction of sp³-hybridized carbons (Fsp3) is 0.333. The minimum absolute atomic E-state index is 0.157. The van der Waals surface area contributed by atoms with Gasteiger partial charge in [-0.2, -0.15) is 10.2 Å². The molecule has 1 aliphatic carbocycles. The van der Waals surface area contributed by atoms with E-state index in [0.29, 0.717) is 5.92 Å². The number of aromatic nitrogens is 3. The van der Waals surface area contributed by atoms with E-state index in [0.717, 1.165) is 25.1 Å². The zero-order valence-corrected chi connectivity index (χ0v) is 14.6. The third kappa shape index (κ3) is 2.24. The van der Waals surface area contributed by atoms with Crippen LogP contribution in [0.4, 0.5) is 0 Å². The first kappa shape index (κ1) is 14.8. The lowest BCUT2D eigenvalue weighted by Crippen LogP contribution is -2.35. The fourth-order valence-corrected chi connectivity index (χ4v) is 4.58. The highest BCUT2D eigenvalue weighted by Gasteiger charge is 2.36. The molecule has 1 aliphatic heterocycles. The summed E-state index contributed by atoms with van der Waals surface area (Å²) in [5.41, 5.74) is 10.7. The molecule has 0 radical (unpaired) electrons. The van der Waals surface area contributed by atoms with Crippen LogP contribution >= 0.6 is 0 Å². The second-order valence-electron chi connectivity index (χ2n) is 7.34. The summed E-state index contributed by atoms with van der Waals surface area (Å²) in [5.74, 6) is 0.360. The van der Waals surface area contributed by atoms with Crippen molar-refractivity contribution in [3.8, 4) is 0 Å². The molecule has 4 heteroatoms. The Morgan fingerprint density at radius 3 is 2.84 bits per heavy atom. The number of rotatable bonds is 1. The Balaban J connectivity index is 1.65. The molecule has 2 aliphatic rings. The van der Waals surface area contributed by atoms with Gasteiger partial charge in [0.1, 0.15) is 0 Å². The second-order valence-corrected chi connectivity index (χ2v) is 7.34. The summed E-state index contributed by atoms with van der Waals surface area (Å²) < 4.78 is 0. The summed E-state index contributed by atoms with van der Waals surface area (Å²) >= 11 is 0. The molecule has 2 N–H and O–H groups in total. The molecule has 3 aromatic rings. The molecule has 2 atom stereocenters. The summed E-state index contributed by atoms with van der Waals surface area (Å²) in [4.78, 5) is 3.61. The first-order valence-electron chi connectivity index (χ1n) is 9.03. The summed E-state index contributed by atoms with van der Waals surface area (Å²) in [6, 6.07) is 9.06. The van der Waals surface area contributed by atoms with Gasteiger partial charge >= 0.3 is 0 Å². The number of aryl methyl sites for hydroxylation is 4. The number of fused-ring (bicyclic) bond motifs is 2. The highest BCUT2D eigenvalue weighted by molar-refractivity contribution is 5.50. The maximum atomic E-state index is 4.49. The zero-order chi connectivity index (χ0) is 17.0. The number of H-pyrrole nitrogens is 1. The van der Waals surface area contributed by atoms with E-state index in [9.17, 15) is 0 Å². The van der Waals surface area contributed by atoms with Gasteiger partial charge in [-0.25, -0.2) is 0 Å². The van der Waals surface area contributed by atoms with E-state index in [4.69, 9.17) is 0 Å². The molecule has 0 saturated carbocycles. The molecule has 0 saturated heterocycles. The van der Waals surface area contributed by atoms with Gasteiger partial charge in [-0.3, -0.25) is 0 Å². The summed E-state index contributed by atoms with van der Waals surface area (Å²) in [6.45, 7) is 5.29. The molecule has 0 amide bonds. The van der Waals surface area contributed by atoms with Gasteiger partial charge in [0.2, 0.25) is 0 Å². The molecule has 126 valence electrons. The average Bonchev–Trinajstić information content (AvgIpc) is 2.97. The topological polar surface area (TPSA) is 53.6 Å². The fourth-order valence-electron chi connectivity index (χ4n) is 4.58. The van der Waals surface area contributed by atoms with Crippen LogP contribution in [0.2, 0.25) is 0 Å². The maximum absolute atomic E-state index is 4.49. The van der Waals surface area contributed by atoms with E-state index in [1.54, 1.807) is 0 Å². The van der Waals surface area contributed by atoms with Gasteiger partial charge in [-0.15, -0.1) is 0 Å². The van der Waals surface area contributed by atoms with Crippen molar-refractivity contribution in [1.82, 2.24) is 20.5 Å². The quantitative estimate of drug-likeness (QED) is 0.719. The Morgan fingerprint density at radius 2 is 1.96 bits per heavy atom. The Kier molecular flexibility index (Phi) is 3.28. The summed E-state index contributed by atoms with van der Waals surface area (Å²) in [7, 11) is 0. The molecule has 0 bridgehead atoms. The van der Waals surface area contributed by atoms with Crippen LogP contribution in [0.25, 0.3) is 0 Å². The van der Waals surface area contributed by atoms with Crippen LogP contribution in [-0.2, 0) is 12.8 Å². The van der Waals surface area contributed by atoms with Crippen LogP contribution in [-0.4, -0.2) is 21.7 Å². The smallest absolute Gasteiger partial charge is 0.0878 e. The predicted octanol–water partition coefficient (Wildman–Crippen LogP) is 3.34. The van der Waals surface area contributed by atoms with Crippen molar-refractivity contribution in [1.29, 1.82) is 0 Å². The number of nitrogens with zero attached hydrogens (tertiary/aromatic N) is 2. The SMILES string of the molecule is Cc1ccc(C2CNC3c4nnccc4CCc4c[nH]c2c43)c(C)c1. The maximum Gasteiger partial charge on any atom is 0.0878 e. The molecule has 0 fully saturated rings. The Bertz CT molecular complexity index is 956. The molecule has 25 heavy (non-hydrogen) atoms. The van der Waals surface area contributed by atoms with Crippen molar-refractivity contribution in [3.63, 3.8) is 0 Å². The highest BCUT2D eigenvalue weighted by Crippen LogP contribution is 2.41. The van der Waals surface area contributed by atoms with Crippen LogP contribution in [0.1, 0.15) is 56.7 Å². The molecule has 2 unspecified atom stereocenters. The van der Waals surface area contributed by atoms with Crippen LogP contribution in [0.3, 0.4) is 0 Å².